The second-order valence-electron chi connectivity index (χ2n) is 7.07. The van der Waals surface area contributed by atoms with Gasteiger partial charge >= 0.3 is 0 Å². The monoisotopic (exact) mass is 396 g/mol. The number of anilines is 1. The molecule has 144 valence electrons. The topological polar surface area (TPSA) is 69.6 Å². The molecule has 2 aromatic carbocycles. The molecule has 2 heterocycles. The molecule has 1 fully saturated rings. The Labute approximate surface area is 168 Å². The van der Waals surface area contributed by atoms with E-state index in [1.54, 1.807) is 36.1 Å². The molecule has 1 aromatic heterocycles. The standard InChI is InChI=1S/C21H21ClN4O2/c1-13(27)25(2)15-9-10-26(12-15)21-16-8-7-14(22)11-18(16)23-20(24-21)17-5-3-4-6-19(17)28/h3-8,11,15,28H,9-10,12H2,1-2H3. The number of amides is 1. The van der Waals surface area contributed by atoms with Crippen LogP contribution in [0, 0.1) is 0 Å². The molecule has 28 heavy (non-hydrogen) atoms. The highest BCUT2D eigenvalue weighted by molar-refractivity contribution is 6.31. The number of rotatable bonds is 3. The second kappa shape index (κ2) is 7.28. The lowest BCUT2D eigenvalue weighted by Crippen LogP contribution is -2.37. The molecule has 1 saturated heterocycles. The fraction of sp³-hybridized carbons (Fsp3) is 0.286. The smallest absolute Gasteiger partial charge is 0.219 e. The molecular weight excluding hydrogens is 376 g/mol. The fourth-order valence-electron chi connectivity index (χ4n) is 3.62. The molecule has 3 aromatic rings. The van der Waals surface area contributed by atoms with Gasteiger partial charge in [0.05, 0.1) is 17.1 Å². The molecule has 0 aliphatic carbocycles. The lowest BCUT2D eigenvalue weighted by atomic mass is 10.1. The highest BCUT2D eigenvalue weighted by Crippen LogP contribution is 2.34. The summed E-state index contributed by atoms with van der Waals surface area (Å²) >= 11 is 6.19. The Kier molecular flexibility index (Phi) is 4.81. The van der Waals surface area contributed by atoms with Crippen molar-refractivity contribution in [1.29, 1.82) is 0 Å². The lowest BCUT2D eigenvalue weighted by Gasteiger charge is -2.24. The Bertz CT molecular complexity index is 1060. The number of carbonyl (C=O) groups is 1. The van der Waals surface area contributed by atoms with Crippen LogP contribution in [0.3, 0.4) is 0 Å². The van der Waals surface area contributed by atoms with Crippen molar-refractivity contribution in [2.75, 3.05) is 25.0 Å². The molecule has 1 aliphatic rings. The van der Waals surface area contributed by atoms with Crippen molar-refractivity contribution < 1.29 is 9.90 Å². The molecule has 1 amide bonds. The summed E-state index contributed by atoms with van der Waals surface area (Å²) in [5, 5.41) is 11.8. The first-order valence-corrected chi connectivity index (χ1v) is 9.56. The predicted octanol–water partition coefficient (Wildman–Crippen LogP) is 3.71. The summed E-state index contributed by atoms with van der Waals surface area (Å²) in [7, 11) is 1.84. The quantitative estimate of drug-likeness (QED) is 0.730. The number of phenolic OH excluding ortho intramolecular Hbond substituents is 1. The normalized spacial score (nSPS) is 16.5. The first-order valence-electron chi connectivity index (χ1n) is 9.18. The maximum Gasteiger partial charge on any atom is 0.219 e. The van der Waals surface area contributed by atoms with Crippen LogP contribution in [0.25, 0.3) is 22.3 Å². The summed E-state index contributed by atoms with van der Waals surface area (Å²) in [6.45, 7) is 3.07. The van der Waals surface area contributed by atoms with Gasteiger partial charge in [0.2, 0.25) is 5.91 Å². The minimum atomic E-state index is 0.0566. The average Bonchev–Trinajstić information content (AvgIpc) is 3.16. The SMILES string of the molecule is CC(=O)N(C)C1CCN(c2nc(-c3ccccc3O)nc3cc(Cl)ccc23)C1. The molecule has 1 N–H and O–H groups in total. The largest absolute Gasteiger partial charge is 0.507 e. The van der Waals surface area contributed by atoms with E-state index in [0.29, 0.717) is 23.0 Å². The molecule has 0 bridgehead atoms. The van der Waals surface area contributed by atoms with E-state index >= 15 is 0 Å². The number of nitrogens with zero attached hydrogens (tertiary/aromatic N) is 4. The van der Waals surface area contributed by atoms with Gasteiger partial charge in [0.25, 0.3) is 0 Å². The number of para-hydroxylation sites is 1. The van der Waals surface area contributed by atoms with E-state index in [4.69, 9.17) is 16.6 Å². The average molecular weight is 397 g/mol. The van der Waals surface area contributed by atoms with Crippen molar-refractivity contribution in [3.05, 3.63) is 47.5 Å². The zero-order chi connectivity index (χ0) is 19.8. The maximum absolute atomic E-state index is 11.7. The Hall–Kier alpha value is -2.86. The van der Waals surface area contributed by atoms with Crippen LogP contribution in [0.5, 0.6) is 5.75 Å². The number of aromatic nitrogens is 2. The van der Waals surface area contributed by atoms with Crippen LogP contribution < -0.4 is 4.90 Å². The Morgan fingerprint density at radius 1 is 1.25 bits per heavy atom. The van der Waals surface area contributed by atoms with Crippen LogP contribution in [-0.4, -0.2) is 52.1 Å². The summed E-state index contributed by atoms with van der Waals surface area (Å²) in [5.41, 5.74) is 1.29. The first-order chi connectivity index (χ1) is 13.4. The van der Waals surface area contributed by atoms with E-state index in [-0.39, 0.29) is 17.7 Å². The van der Waals surface area contributed by atoms with E-state index in [1.165, 1.54) is 0 Å². The van der Waals surface area contributed by atoms with Gasteiger partial charge in [0, 0.05) is 37.5 Å². The van der Waals surface area contributed by atoms with Crippen molar-refractivity contribution in [2.45, 2.75) is 19.4 Å². The summed E-state index contributed by atoms with van der Waals surface area (Å²) in [6.07, 6.45) is 0.876. The minimum absolute atomic E-state index is 0.0566. The zero-order valence-electron chi connectivity index (χ0n) is 15.8. The number of halogens is 1. The number of hydrogen-bond acceptors (Lipinski definition) is 5. The van der Waals surface area contributed by atoms with Crippen molar-refractivity contribution in [3.8, 4) is 17.1 Å². The van der Waals surface area contributed by atoms with Crippen molar-refractivity contribution in [3.63, 3.8) is 0 Å². The molecule has 0 radical (unpaired) electrons. The zero-order valence-corrected chi connectivity index (χ0v) is 16.5. The number of aromatic hydroxyl groups is 1. The first kappa shape index (κ1) is 18.5. The molecule has 1 aliphatic heterocycles. The van der Waals surface area contributed by atoms with Crippen LogP contribution in [0.4, 0.5) is 5.82 Å². The Balaban J connectivity index is 1.81. The fourth-order valence-corrected chi connectivity index (χ4v) is 3.78. The third-order valence-electron chi connectivity index (χ3n) is 5.29. The van der Waals surface area contributed by atoms with Gasteiger partial charge < -0.3 is 14.9 Å². The van der Waals surface area contributed by atoms with Gasteiger partial charge in [0.1, 0.15) is 11.6 Å². The third-order valence-corrected chi connectivity index (χ3v) is 5.53. The van der Waals surface area contributed by atoms with E-state index in [2.05, 4.69) is 9.88 Å². The van der Waals surface area contributed by atoms with Gasteiger partial charge in [-0.1, -0.05) is 23.7 Å². The second-order valence-corrected chi connectivity index (χ2v) is 7.50. The molecule has 0 spiro atoms. The number of benzene rings is 2. The molecule has 1 unspecified atom stereocenters. The van der Waals surface area contributed by atoms with Gasteiger partial charge in [-0.3, -0.25) is 4.79 Å². The summed E-state index contributed by atoms with van der Waals surface area (Å²) in [5.74, 6) is 1.43. The molecule has 4 rings (SSSR count). The van der Waals surface area contributed by atoms with E-state index in [1.807, 2.05) is 25.2 Å². The molecular formula is C21H21ClN4O2. The molecule has 0 saturated carbocycles. The highest BCUT2D eigenvalue weighted by Gasteiger charge is 2.29. The summed E-state index contributed by atoms with van der Waals surface area (Å²) < 4.78 is 0. The van der Waals surface area contributed by atoms with Crippen LogP contribution in [0.2, 0.25) is 5.02 Å². The van der Waals surface area contributed by atoms with E-state index in [9.17, 15) is 9.90 Å². The Morgan fingerprint density at radius 2 is 2.04 bits per heavy atom. The lowest BCUT2D eigenvalue weighted by molar-refractivity contribution is -0.129. The number of hydrogen-bond donors (Lipinski definition) is 1. The van der Waals surface area contributed by atoms with Crippen LogP contribution in [-0.2, 0) is 4.79 Å². The van der Waals surface area contributed by atoms with Crippen molar-refractivity contribution in [2.24, 2.45) is 0 Å². The number of carbonyl (C=O) groups excluding carboxylic acids is 1. The van der Waals surface area contributed by atoms with Crippen LogP contribution >= 0.6 is 11.6 Å². The van der Waals surface area contributed by atoms with Gasteiger partial charge in [-0.05, 0) is 36.8 Å². The Morgan fingerprint density at radius 3 is 2.79 bits per heavy atom. The predicted molar refractivity (Wildman–Crippen MR) is 111 cm³/mol. The third kappa shape index (κ3) is 3.36. The number of phenols is 1. The van der Waals surface area contributed by atoms with Gasteiger partial charge in [-0.2, -0.15) is 0 Å². The number of fused-ring (bicyclic) bond motifs is 1. The van der Waals surface area contributed by atoms with Gasteiger partial charge in [-0.25, -0.2) is 9.97 Å². The van der Waals surface area contributed by atoms with Crippen LogP contribution in [0.1, 0.15) is 13.3 Å². The van der Waals surface area contributed by atoms with Crippen molar-refractivity contribution >= 4 is 34.2 Å². The van der Waals surface area contributed by atoms with E-state index < -0.39 is 0 Å². The van der Waals surface area contributed by atoms with Crippen LogP contribution in [0.15, 0.2) is 42.5 Å². The minimum Gasteiger partial charge on any atom is -0.507 e. The van der Waals surface area contributed by atoms with Gasteiger partial charge in [0.15, 0.2) is 5.82 Å². The van der Waals surface area contributed by atoms with Crippen molar-refractivity contribution in [1.82, 2.24) is 14.9 Å². The van der Waals surface area contributed by atoms with E-state index in [0.717, 1.165) is 29.7 Å². The van der Waals surface area contributed by atoms with Gasteiger partial charge in [-0.15, -0.1) is 0 Å². The highest BCUT2D eigenvalue weighted by atomic mass is 35.5. The summed E-state index contributed by atoms with van der Waals surface area (Å²) in [4.78, 5) is 25.1. The maximum atomic E-state index is 11.7. The molecule has 7 heteroatoms. The molecule has 1 atom stereocenters. The molecule has 6 nitrogen and oxygen atoms in total. The summed E-state index contributed by atoms with van der Waals surface area (Å²) in [6, 6.07) is 12.7. The number of likely N-dealkylation sites (N-methyl/N-ethyl adjacent to an activating group) is 1.